The number of aryl methyl sites for hydroxylation is 2. The van der Waals surface area contributed by atoms with Crippen molar-refractivity contribution < 1.29 is 4.79 Å². The molecule has 2 heterocycles. The molecule has 0 bridgehead atoms. The Labute approximate surface area is 114 Å². The summed E-state index contributed by atoms with van der Waals surface area (Å²) in [5, 5.41) is 0. The molecule has 2 aliphatic rings. The van der Waals surface area contributed by atoms with E-state index in [1.807, 2.05) is 18.7 Å². The third kappa shape index (κ3) is 2.24. The highest BCUT2D eigenvalue weighted by Gasteiger charge is 2.38. The van der Waals surface area contributed by atoms with Gasteiger partial charge in [0.1, 0.15) is 5.82 Å². The average Bonchev–Trinajstić information content (AvgIpc) is 2.98. The Morgan fingerprint density at radius 3 is 2.68 bits per heavy atom. The molecule has 0 unspecified atom stereocenters. The predicted octanol–water partition coefficient (Wildman–Crippen LogP) is 2.22. The highest BCUT2D eigenvalue weighted by Crippen LogP contribution is 2.38. The minimum atomic E-state index is 0.131. The predicted molar refractivity (Wildman–Crippen MR) is 72.9 cm³/mol. The summed E-state index contributed by atoms with van der Waals surface area (Å²) in [5.41, 5.74) is 1.59. The van der Waals surface area contributed by atoms with Gasteiger partial charge in [-0.1, -0.05) is 13.3 Å². The van der Waals surface area contributed by atoms with Crippen LogP contribution in [0.4, 0.5) is 0 Å². The van der Waals surface area contributed by atoms with Crippen molar-refractivity contribution in [3.8, 4) is 0 Å². The highest BCUT2D eigenvalue weighted by molar-refractivity contribution is 5.95. The van der Waals surface area contributed by atoms with Crippen LogP contribution in [-0.2, 0) is 6.42 Å². The first-order chi connectivity index (χ1) is 9.19. The van der Waals surface area contributed by atoms with Crippen LogP contribution in [-0.4, -0.2) is 33.9 Å². The molecule has 1 aromatic heterocycles. The van der Waals surface area contributed by atoms with Crippen LogP contribution in [0, 0.1) is 18.8 Å². The number of fused-ring (bicyclic) bond motifs is 1. The first kappa shape index (κ1) is 12.6. The molecular formula is C15H21N3O. The quantitative estimate of drug-likeness (QED) is 0.818. The number of carbonyl (C=O) groups is 1. The summed E-state index contributed by atoms with van der Waals surface area (Å²) in [6, 6.07) is 0. The second-order valence-corrected chi connectivity index (χ2v) is 5.79. The molecule has 1 aromatic rings. The number of aromatic nitrogens is 2. The third-order valence-electron chi connectivity index (χ3n) is 4.57. The molecule has 0 radical (unpaired) electrons. The van der Waals surface area contributed by atoms with Crippen LogP contribution >= 0.6 is 0 Å². The number of likely N-dealkylation sites (tertiary alicyclic amines) is 1. The standard InChI is InChI=1S/C15H21N3O/c1-3-14-13(7-16-10(2)17-14)15(19)18-8-11-5-4-6-12(11)9-18/h7,11-12H,3-6,8-9H2,1-2H3/t11-,12-/m1/s1. The molecule has 102 valence electrons. The van der Waals surface area contributed by atoms with Crippen molar-refractivity contribution in [3.05, 3.63) is 23.3 Å². The molecule has 2 atom stereocenters. The summed E-state index contributed by atoms with van der Waals surface area (Å²) in [5.74, 6) is 2.35. The SMILES string of the molecule is CCc1nc(C)ncc1C(=O)N1C[C@H]2CCC[C@@H]2C1. The fourth-order valence-corrected chi connectivity index (χ4v) is 3.54. The second kappa shape index (κ2) is 4.91. The Kier molecular flexibility index (Phi) is 3.25. The molecule has 1 saturated heterocycles. The van der Waals surface area contributed by atoms with E-state index >= 15 is 0 Å². The summed E-state index contributed by atoms with van der Waals surface area (Å²) >= 11 is 0. The van der Waals surface area contributed by atoms with Gasteiger partial charge in [0.05, 0.1) is 11.3 Å². The van der Waals surface area contributed by atoms with Gasteiger partial charge in [-0.3, -0.25) is 4.79 Å². The molecule has 1 aliphatic carbocycles. The number of amides is 1. The van der Waals surface area contributed by atoms with Crippen molar-refractivity contribution in [2.24, 2.45) is 11.8 Å². The van der Waals surface area contributed by atoms with Gasteiger partial charge >= 0.3 is 0 Å². The lowest BCUT2D eigenvalue weighted by atomic mass is 10.0. The van der Waals surface area contributed by atoms with Gasteiger partial charge in [-0.25, -0.2) is 9.97 Å². The zero-order chi connectivity index (χ0) is 13.4. The Hall–Kier alpha value is -1.45. The van der Waals surface area contributed by atoms with Crippen LogP contribution < -0.4 is 0 Å². The molecule has 2 fully saturated rings. The van der Waals surface area contributed by atoms with Crippen molar-refractivity contribution in [3.63, 3.8) is 0 Å². The maximum Gasteiger partial charge on any atom is 0.257 e. The fourth-order valence-electron chi connectivity index (χ4n) is 3.54. The van der Waals surface area contributed by atoms with Crippen molar-refractivity contribution in [2.45, 2.75) is 39.5 Å². The van der Waals surface area contributed by atoms with E-state index in [0.29, 0.717) is 5.56 Å². The first-order valence-corrected chi connectivity index (χ1v) is 7.30. The second-order valence-electron chi connectivity index (χ2n) is 5.79. The van der Waals surface area contributed by atoms with E-state index in [1.165, 1.54) is 19.3 Å². The monoisotopic (exact) mass is 259 g/mol. The Morgan fingerprint density at radius 2 is 2.05 bits per heavy atom. The van der Waals surface area contributed by atoms with Crippen molar-refractivity contribution >= 4 is 5.91 Å². The Morgan fingerprint density at radius 1 is 1.37 bits per heavy atom. The third-order valence-corrected chi connectivity index (χ3v) is 4.57. The van der Waals surface area contributed by atoms with Crippen LogP contribution in [0.3, 0.4) is 0 Å². The van der Waals surface area contributed by atoms with Gasteiger partial charge in [0.2, 0.25) is 0 Å². The lowest BCUT2D eigenvalue weighted by Crippen LogP contribution is -2.30. The van der Waals surface area contributed by atoms with Gasteiger partial charge in [0.25, 0.3) is 5.91 Å². The Balaban J connectivity index is 1.81. The maximum absolute atomic E-state index is 12.6. The van der Waals surface area contributed by atoms with Gasteiger partial charge < -0.3 is 4.90 Å². The molecule has 4 nitrogen and oxygen atoms in total. The van der Waals surface area contributed by atoms with E-state index in [4.69, 9.17) is 0 Å². The lowest BCUT2D eigenvalue weighted by molar-refractivity contribution is 0.0778. The van der Waals surface area contributed by atoms with E-state index in [1.54, 1.807) is 6.20 Å². The van der Waals surface area contributed by atoms with E-state index in [2.05, 4.69) is 9.97 Å². The van der Waals surface area contributed by atoms with Crippen molar-refractivity contribution in [2.75, 3.05) is 13.1 Å². The number of hydrogen-bond donors (Lipinski definition) is 0. The highest BCUT2D eigenvalue weighted by atomic mass is 16.2. The average molecular weight is 259 g/mol. The van der Waals surface area contributed by atoms with Crippen molar-refractivity contribution in [1.82, 2.24) is 14.9 Å². The topological polar surface area (TPSA) is 46.1 Å². The number of carbonyl (C=O) groups excluding carboxylic acids is 1. The molecule has 19 heavy (non-hydrogen) atoms. The Bertz CT molecular complexity index is 488. The molecule has 0 N–H and O–H groups in total. The normalized spacial score (nSPS) is 25.7. The van der Waals surface area contributed by atoms with Crippen LogP contribution in [0.15, 0.2) is 6.20 Å². The molecule has 0 aromatic carbocycles. The molecule has 3 rings (SSSR count). The first-order valence-electron chi connectivity index (χ1n) is 7.30. The summed E-state index contributed by atoms with van der Waals surface area (Å²) in [6.07, 6.45) is 6.41. The van der Waals surface area contributed by atoms with E-state index in [0.717, 1.165) is 42.9 Å². The summed E-state index contributed by atoms with van der Waals surface area (Å²) in [6.45, 7) is 5.77. The fraction of sp³-hybridized carbons (Fsp3) is 0.667. The number of rotatable bonds is 2. The summed E-state index contributed by atoms with van der Waals surface area (Å²) in [7, 11) is 0. The number of nitrogens with zero attached hydrogens (tertiary/aromatic N) is 3. The minimum absolute atomic E-state index is 0.131. The molecule has 4 heteroatoms. The smallest absolute Gasteiger partial charge is 0.257 e. The van der Waals surface area contributed by atoms with Gasteiger partial charge in [0.15, 0.2) is 0 Å². The summed E-state index contributed by atoms with van der Waals surface area (Å²) < 4.78 is 0. The zero-order valence-electron chi connectivity index (χ0n) is 11.7. The minimum Gasteiger partial charge on any atom is -0.338 e. The van der Waals surface area contributed by atoms with Crippen LogP contribution in [0.5, 0.6) is 0 Å². The molecule has 1 aliphatic heterocycles. The van der Waals surface area contributed by atoms with Gasteiger partial charge in [-0.05, 0) is 38.0 Å². The van der Waals surface area contributed by atoms with E-state index < -0.39 is 0 Å². The van der Waals surface area contributed by atoms with Crippen LogP contribution in [0.25, 0.3) is 0 Å². The zero-order valence-corrected chi connectivity index (χ0v) is 11.7. The van der Waals surface area contributed by atoms with Gasteiger partial charge in [-0.2, -0.15) is 0 Å². The largest absolute Gasteiger partial charge is 0.338 e. The molecule has 1 saturated carbocycles. The maximum atomic E-state index is 12.6. The number of hydrogen-bond acceptors (Lipinski definition) is 3. The molecule has 1 amide bonds. The van der Waals surface area contributed by atoms with Gasteiger partial charge in [0, 0.05) is 19.3 Å². The lowest BCUT2D eigenvalue weighted by Gasteiger charge is -2.18. The van der Waals surface area contributed by atoms with E-state index in [-0.39, 0.29) is 5.91 Å². The van der Waals surface area contributed by atoms with Crippen LogP contribution in [0.1, 0.15) is 48.1 Å². The van der Waals surface area contributed by atoms with Crippen LogP contribution in [0.2, 0.25) is 0 Å². The summed E-state index contributed by atoms with van der Waals surface area (Å²) in [4.78, 5) is 23.2. The van der Waals surface area contributed by atoms with Gasteiger partial charge in [-0.15, -0.1) is 0 Å². The van der Waals surface area contributed by atoms with Crippen molar-refractivity contribution in [1.29, 1.82) is 0 Å². The van der Waals surface area contributed by atoms with E-state index in [9.17, 15) is 4.79 Å². The molecular weight excluding hydrogens is 238 g/mol. The molecule has 0 spiro atoms.